The molecule has 0 saturated heterocycles. The predicted molar refractivity (Wildman–Crippen MR) is 127 cm³/mol. The summed E-state index contributed by atoms with van der Waals surface area (Å²) >= 11 is 6.10. The molecule has 0 amide bonds. The van der Waals surface area contributed by atoms with Crippen molar-refractivity contribution in [1.82, 2.24) is 9.97 Å². The Balaban J connectivity index is 1.88. The molecule has 3 aromatic carbocycles. The molecule has 0 fully saturated rings. The molecule has 0 aliphatic rings. The van der Waals surface area contributed by atoms with Crippen molar-refractivity contribution in [1.29, 1.82) is 0 Å². The molecule has 170 valence electrons. The van der Waals surface area contributed by atoms with Crippen LogP contribution in [-0.2, 0) is 13.2 Å². The zero-order valence-electron chi connectivity index (χ0n) is 18.0. The standard InChI is InChI=1S/C24H22ClFN4O3/c1-32-22-6-3-14(7-23(22)33-2)11-30(16-4-5-19(26)18(25)9-16)24-17-10-20(27)15(12-31)8-21(17)28-13-29-24/h3-10,13,31H,11-12,27H2,1-2H3. The summed E-state index contributed by atoms with van der Waals surface area (Å²) in [5.74, 6) is 1.22. The Hall–Kier alpha value is -3.62. The average molecular weight is 469 g/mol. The van der Waals surface area contributed by atoms with Gasteiger partial charge in [-0.2, -0.15) is 0 Å². The monoisotopic (exact) mass is 468 g/mol. The molecule has 0 atom stereocenters. The smallest absolute Gasteiger partial charge is 0.161 e. The fraction of sp³-hybridized carbons (Fsp3) is 0.167. The van der Waals surface area contributed by atoms with Gasteiger partial charge in [0.2, 0.25) is 0 Å². The lowest BCUT2D eigenvalue weighted by atomic mass is 10.1. The van der Waals surface area contributed by atoms with Crippen LogP contribution in [-0.4, -0.2) is 29.3 Å². The Labute approximate surface area is 195 Å². The molecular formula is C24H22ClFN4O3. The fourth-order valence-electron chi connectivity index (χ4n) is 3.60. The Morgan fingerprint density at radius 2 is 1.82 bits per heavy atom. The number of aliphatic hydroxyl groups excluding tert-OH is 1. The number of rotatable bonds is 7. The quantitative estimate of drug-likeness (QED) is 0.374. The molecule has 1 heterocycles. The number of benzene rings is 3. The average Bonchev–Trinajstić information content (AvgIpc) is 2.83. The van der Waals surface area contributed by atoms with Crippen molar-refractivity contribution in [2.45, 2.75) is 13.2 Å². The number of hydrogen-bond donors (Lipinski definition) is 2. The third kappa shape index (κ3) is 4.48. The van der Waals surface area contributed by atoms with Gasteiger partial charge in [0, 0.05) is 28.9 Å². The number of nitrogens with two attached hydrogens (primary N) is 1. The van der Waals surface area contributed by atoms with E-state index in [0.717, 1.165) is 5.56 Å². The van der Waals surface area contributed by atoms with Crippen LogP contribution >= 0.6 is 11.6 Å². The van der Waals surface area contributed by atoms with Crippen molar-refractivity contribution >= 4 is 39.7 Å². The van der Waals surface area contributed by atoms with E-state index in [2.05, 4.69) is 9.97 Å². The first-order valence-corrected chi connectivity index (χ1v) is 10.4. The predicted octanol–water partition coefficient (Wildman–Crippen LogP) is 4.85. The second-order valence-corrected chi connectivity index (χ2v) is 7.70. The van der Waals surface area contributed by atoms with Gasteiger partial charge < -0.3 is 25.2 Å². The van der Waals surface area contributed by atoms with Gasteiger partial charge in [0.1, 0.15) is 18.0 Å². The normalized spacial score (nSPS) is 10.9. The Morgan fingerprint density at radius 1 is 1.03 bits per heavy atom. The van der Waals surface area contributed by atoms with E-state index < -0.39 is 5.82 Å². The number of fused-ring (bicyclic) bond motifs is 1. The van der Waals surface area contributed by atoms with E-state index in [0.29, 0.717) is 51.7 Å². The lowest BCUT2D eigenvalue weighted by Gasteiger charge is -2.26. The highest BCUT2D eigenvalue weighted by Gasteiger charge is 2.19. The summed E-state index contributed by atoms with van der Waals surface area (Å²) in [4.78, 5) is 10.7. The van der Waals surface area contributed by atoms with Crippen LogP contribution in [0.4, 0.5) is 21.6 Å². The van der Waals surface area contributed by atoms with Gasteiger partial charge >= 0.3 is 0 Å². The molecule has 3 N–H and O–H groups in total. The van der Waals surface area contributed by atoms with E-state index in [1.807, 2.05) is 23.1 Å². The number of anilines is 3. The summed E-state index contributed by atoms with van der Waals surface area (Å²) in [6.45, 7) is 0.153. The molecule has 0 aliphatic heterocycles. The minimum atomic E-state index is -0.518. The van der Waals surface area contributed by atoms with Gasteiger partial charge in [-0.15, -0.1) is 0 Å². The number of nitrogen functional groups attached to an aromatic ring is 1. The zero-order chi connectivity index (χ0) is 23.5. The summed E-state index contributed by atoms with van der Waals surface area (Å²) in [7, 11) is 3.14. The Bertz CT molecular complexity index is 1320. The molecule has 0 saturated carbocycles. The number of hydrogen-bond acceptors (Lipinski definition) is 7. The Morgan fingerprint density at radius 3 is 2.52 bits per heavy atom. The van der Waals surface area contributed by atoms with Crippen LogP contribution in [0.1, 0.15) is 11.1 Å². The summed E-state index contributed by atoms with van der Waals surface area (Å²) in [5, 5.41) is 10.2. The number of halogens is 2. The molecule has 33 heavy (non-hydrogen) atoms. The van der Waals surface area contributed by atoms with Crippen LogP contribution in [0.5, 0.6) is 11.5 Å². The van der Waals surface area contributed by atoms with Gasteiger partial charge in [-0.3, -0.25) is 0 Å². The number of methoxy groups -OCH3 is 2. The zero-order valence-corrected chi connectivity index (χ0v) is 18.8. The van der Waals surface area contributed by atoms with Crippen molar-refractivity contribution in [3.05, 3.63) is 76.8 Å². The molecule has 0 aliphatic carbocycles. The molecule has 7 nitrogen and oxygen atoms in total. The highest BCUT2D eigenvalue weighted by atomic mass is 35.5. The van der Waals surface area contributed by atoms with Crippen molar-refractivity contribution in [2.75, 3.05) is 24.9 Å². The highest BCUT2D eigenvalue weighted by Crippen LogP contribution is 2.36. The highest BCUT2D eigenvalue weighted by molar-refractivity contribution is 6.31. The number of aliphatic hydroxyl groups is 1. The van der Waals surface area contributed by atoms with Crippen LogP contribution in [0.2, 0.25) is 5.02 Å². The minimum absolute atomic E-state index is 0.00902. The molecular weight excluding hydrogens is 447 g/mol. The van der Waals surface area contributed by atoms with Gasteiger partial charge in [-0.1, -0.05) is 17.7 Å². The molecule has 0 unspecified atom stereocenters. The van der Waals surface area contributed by atoms with Crippen LogP contribution in [0.15, 0.2) is 54.9 Å². The van der Waals surface area contributed by atoms with Gasteiger partial charge in [0.15, 0.2) is 11.5 Å². The Kier molecular flexibility index (Phi) is 6.48. The molecule has 9 heteroatoms. The van der Waals surface area contributed by atoms with Gasteiger partial charge in [-0.25, -0.2) is 14.4 Å². The molecule has 1 aromatic heterocycles. The summed E-state index contributed by atoms with van der Waals surface area (Å²) < 4.78 is 24.7. The topological polar surface area (TPSA) is 93.7 Å². The lowest BCUT2D eigenvalue weighted by molar-refractivity contribution is 0.282. The number of aromatic nitrogens is 2. The van der Waals surface area contributed by atoms with E-state index in [1.165, 1.54) is 18.5 Å². The maximum absolute atomic E-state index is 13.9. The van der Waals surface area contributed by atoms with Gasteiger partial charge in [0.05, 0.1) is 31.4 Å². The van der Waals surface area contributed by atoms with Crippen LogP contribution in [0.3, 0.4) is 0 Å². The molecule has 0 spiro atoms. The second-order valence-electron chi connectivity index (χ2n) is 7.30. The molecule has 4 rings (SSSR count). The van der Waals surface area contributed by atoms with Crippen LogP contribution < -0.4 is 20.1 Å². The summed E-state index contributed by atoms with van der Waals surface area (Å²) in [5.41, 5.74) is 9.26. The van der Waals surface area contributed by atoms with Crippen LogP contribution in [0.25, 0.3) is 10.9 Å². The maximum Gasteiger partial charge on any atom is 0.161 e. The van der Waals surface area contributed by atoms with E-state index in [-0.39, 0.29) is 11.6 Å². The summed E-state index contributed by atoms with van der Waals surface area (Å²) in [6, 6.07) is 13.5. The lowest BCUT2D eigenvalue weighted by Crippen LogP contribution is -2.18. The molecule has 0 radical (unpaired) electrons. The van der Waals surface area contributed by atoms with E-state index in [1.54, 1.807) is 32.4 Å². The first kappa shape index (κ1) is 22.6. The van der Waals surface area contributed by atoms with Crippen molar-refractivity contribution in [2.24, 2.45) is 0 Å². The van der Waals surface area contributed by atoms with Crippen LogP contribution in [0, 0.1) is 5.82 Å². The van der Waals surface area contributed by atoms with E-state index in [9.17, 15) is 9.50 Å². The SMILES string of the molecule is COc1ccc(CN(c2ccc(F)c(Cl)c2)c2ncnc3cc(CO)c(N)cc23)cc1OC. The molecule has 0 bridgehead atoms. The summed E-state index contributed by atoms with van der Waals surface area (Å²) in [6.07, 6.45) is 1.43. The second kappa shape index (κ2) is 9.48. The van der Waals surface area contributed by atoms with Gasteiger partial charge in [0.25, 0.3) is 0 Å². The van der Waals surface area contributed by atoms with Crippen molar-refractivity contribution < 1.29 is 19.0 Å². The largest absolute Gasteiger partial charge is 0.493 e. The molecule has 4 aromatic rings. The van der Waals surface area contributed by atoms with Crippen molar-refractivity contribution in [3.8, 4) is 11.5 Å². The third-order valence-corrected chi connectivity index (χ3v) is 5.59. The number of nitrogens with zero attached hydrogens (tertiary/aromatic N) is 3. The number of ether oxygens (including phenoxy) is 2. The first-order chi connectivity index (χ1) is 15.9. The van der Waals surface area contributed by atoms with Gasteiger partial charge in [-0.05, 0) is 48.0 Å². The maximum atomic E-state index is 13.9. The fourth-order valence-corrected chi connectivity index (χ4v) is 3.78. The first-order valence-electron chi connectivity index (χ1n) is 10.0. The third-order valence-electron chi connectivity index (χ3n) is 5.30. The minimum Gasteiger partial charge on any atom is -0.493 e. The van der Waals surface area contributed by atoms with Crippen molar-refractivity contribution in [3.63, 3.8) is 0 Å². The van der Waals surface area contributed by atoms with E-state index in [4.69, 9.17) is 26.8 Å². The van der Waals surface area contributed by atoms with E-state index >= 15 is 0 Å².